The normalized spacial score (nSPS) is 13.8. The van der Waals surface area contributed by atoms with Crippen molar-refractivity contribution in [1.82, 2.24) is 4.57 Å². The number of aromatic nitrogens is 1. The van der Waals surface area contributed by atoms with Crippen LogP contribution in [0.5, 0.6) is 11.5 Å². The molecule has 0 unspecified atom stereocenters. The monoisotopic (exact) mass is 382 g/mol. The number of thiazole rings is 1. The predicted molar refractivity (Wildman–Crippen MR) is 107 cm³/mol. The van der Waals surface area contributed by atoms with Crippen LogP contribution < -0.4 is 14.3 Å². The van der Waals surface area contributed by atoms with Crippen molar-refractivity contribution in [3.05, 3.63) is 58.2 Å². The SMILES string of the molecule is CCc1ccc(N=c2scc(-c3ccc4c(c3)OCCO4)n2CCO)cc1. The Labute approximate surface area is 162 Å². The fraction of sp³-hybridized carbons (Fsp3) is 0.286. The number of aliphatic hydroxyl groups excluding tert-OH is 1. The van der Waals surface area contributed by atoms with Crippen molar-refractivity contribution in [2.45, 2.75) is 19.9 Å². The Morgan fingerprint density at radius 1 is 1.07 bits per heavy atom. The summed E-state index contributed by atoms with van der Waals surface area (Å²) in [5.41, 5.74) is 4.23. The summed E-state index contributed by atoms with van der Waals surface area (Å²) >= 11 is 1.57. The van der Waals surface area contributed by atoms with Gasteiger partial charge in [-0.2, -0.15) is 0 Å². The van der Waals surface area contributed by atoms with Gasteiger partial charge < -0.3 is 19.1 Å². The number of aryl methyl sites for hydroxylation is 1. The first-order chi connectivity index (χ1) is 13.3. The highest BCUT2D eigenvalue weighted by molar-refractivity contribution is 7.07. The van der Waals surface area contributed by atoms with Crippen molar-refractivity contribution in [3.8, 4) is 22.8 Å². The smallest absolute Gasteiger partial charge is 0.190 e. The summed E-state index contributed by atoms with van der Waals surface area (Å²) < 4.78 is 13.4. The van der Waals surface area contributed by atoms with E-state index in [1.165, 1.54) is 5.56 Å². The van der Waals surface area contributed by atoms with E-state index in [2.05, 4.69) is 24.4 Å². The number of hydrogen-bond donors (Lipinski definition) is 1. The predicted octanol–water partition coefficient (Wildman–Crippen LogP) is 3.77. The van der Waals surface area contributed by atoms with E-state index in [9.17, 15) is 5.11 Å². The van der Waals surface area contributed by atoms with Gasteiger partial charge in [-0.1, -0.05) is 19.1 Å². The molecule has 0 spiro atoms. The van der Waals surface area contributed by atoms with Crippen LogP contribution in [0.15, 0.2) is 52.8 Å². The molecule has 5 nitrogen and oxygen atoms in total. The highest BCUT2D eigenvalue weighted by Gasteiger charge is 2.15. The third kappa shape index (κ3) is 3.77. The molecule has 0 radical (unpaired) electrons. The highest BCUT2D eigenvalue weighted by atomic mass is 32.1. The van der Waals surface area contributed by atoms with E-state index >= 15 is 0 Å². The van der Waals surface area contributed by atoms with Crippen molar-refractivity contribution < 1.29 is 14.6 Å². The molecule has 0 amide bonds. The summed E-state index contributed by atoms with van der Waals surface area (Å²) in [6.45, 7) is 3.82. The molecule has 1 aromatic heterocycles. The molecule has 0 saturated heterocycles. The largest absolute Gasteiger partial charge is 0.486 e. The fourth-order valence-corrected chi connectivity index (χ4v) is 4.04. The van der Waals surface area contributed by atoms with Gasteiger partial charge in [0, 0.05) is 17.5 Å². The molecular formula is C21H22N2O3S. The van der Waals surface area contributed by atoms with Crippen LogP contribution >= 0.6 is 11.3 Å². The maximum atomic E-state index is 9.56. The van der Waals surface area contributed by atoms with E-state index in [1.54, 1.807) is 11.3 Å². The van der Waals surface area contributed by atoms with Crippen LogP contribution in [0.1, 0.15) is 12.5 Å². The first-order valence-electron chi connectivity index (χ1n) is 9.11. The molecule has 2 aromatic carbocycles. The second-order valence-corrected chi connectivity index (χ2v) is 7.11. The number of aliphatic hydroxyl groups is 1. The van der Waals surface area contributed by atoms with Gasteiger partial charge >= 0.3 is 0 Å². The van der Waals surface area contributed by atoms with Crippen molar-refractivity contribution in [2.75, 3.05) is 19.8 Å². The lowest BCUT2D eigenvalue weighted by molar-refractivity contribution is 0.171. The lowest BCUT2D eigenvalue weighted by atomic mass is 10.1. The van der Waals surface area contributed by atoms with Gasteiger partial charge in [0.1, 0.15) is 13.2 Å². The number of hydrogen-bond acceptors (Lipinski definition) is 5. The van der Waals surface area contributed by atoms with E-state index < -0.39 is 0 Å². The summed E-state index contributed by atoms with van der Waals surface area (Å²) in [6, 6.07) is 14.2. The number of benzene rings is 2. The summed E-state index contributed by atoms with van der Waals surface area (Å²) in [5, 5.41) is 11.6. The van der Waals surface area contributed by atoms with E-state index in [0.717, 1.165) is 39.7 Å². The van der Waals surface area contributed by atoms with Crippen LogP contribution in [0, 0.1) is 0 Å². The van der Waals surface area contributed by atoms with Gasteiger partial charge in [-0.05, 0) is 42.3 Å². The topological polar surface area (TPSA) is 56.0 Å². The molecule has 0 atom stereocenters. The molecule has 140 valence electrons. The van der Waals surface area contributed by atoms with Crippen molar-refractivity contribution >= 4 is 17.0 Å². The Kier molecular flexibility index (Phi) is 5.27. The van der Waals surface area contributed by atoms with Gasteiger partial charge in [-0.3, -0.25) is 0 Å². The van der Waals surface area contributed by atoms with Gasteiger partial charge in [0.05, 0.1) is 18.0 Å². The minimum atomic E-state index is 0.0518. The molecule has 6 heteroatoms. The molecule has 3 aromatic rings. The van der Waals surface area contributed by atoms with Gasteiger partial charge in [0.25, 0.3) is 0 Å². The van der Waals surface area contributed by atoms with E-state index in [-0.39, 0.29) is 6.61 Å². The molecule has 0 bridgehead atoms. The van der Waals surface area contributed by atoms with Crippen LogP contribution in [0.25, 0.3) is 11.3 Å². The van der Waals surface area contributed by atoms with Crippen molar-refractivity contribution in [1.29, 1.82) is 0 Å². The van der Waals surface area contributed by atoms with Crippen LogP contribution in [0.3, 0.4) is 0 Å². The maximum Gasteiger partial charge on any atom is 0.190 e. The first kappa shape index (κ1) is 17.8. The number of ether oxygens (including phenoxy) is 2. The third-order valence-corrected chi connectivity index (χ3v) is 5.39. The van der Waals surface area contributed by atoms with E-state index in [0.29, 0.717) is 19.8 Å². The van der Waals surface area contributed by atoms with Gasteiger partial charge in [-0.25, -0.2) is 4.99 Å². The third-order valence-electron chi connectivity index (χ3n) is 4.53. The minimum absolute atomic E-state index is 0.0518. The van der Waals surface area contributed by atoms with Crippen LogP contribution in [0.4, 0.5) is 5.69 Å². The maximum absolute atomic E-state index is 9.56. The molecule has 4 rings (SSSR count). The molecular weight excluding hydrogens is 360 g/mol. The van der Waals surface area contributed by atoms with Crippen LogP contribution in [-0.2, 0) is 13.0 Å². The molecule has 0 saturated carbocycles. The summed E-state index contributed by atoms with van der Waals surface area (Å²) in [4.78, 5) is 5.64. The number of fused-ring (bicyclic) bond motifs is 1. The lowest BCUT2D eigenvalue weighted by Crippen LogP contribution is -2.18. The Hall–Kier alpha value is -2.57. The minimum Gasteiger partial charge on any atom is -0.486 e. The zero-order valence-corrected chi connectivity index (χ0v) is 16.0. The Balaban J connectivity index is 1.75. The molecule has 27 heavy (non-hydrogen) atoms. The Morgan fingerprint density at radius 2 is 1.85 bits per heavy atom. The van der Waals surface area contributed by atoms with Gasteiger partial charge in [-0.15, -0.1) is 11.3 Å². The van der Waals surface area contributed by atoms with Crippen molar-refractivity contribution in [3.63, 3.8) is 0 Å². The molecule has 0 fully saturated rings. The van der Waals surface area contributed by atoms with Gasteiger partial charge in [0.15, 0.2) is 16.3 Å². The molecule has 1 aliphatic heterocycles. The van der Waals surface area contributed by atoms with Crippen molar-refractivity contribution in [2.24, 2.45) is 4.99 Å². The molecule has 0 aliphatic carbocycles. The first-order valence-corrected chi connectivity index (χ1v) is 9.99. The summed E-state index contributed by atoms with van der Waals surface area (Å²) in [7, 11) is 0. The highest BCUT2D eigenvalue weighted by Crippen LogP contribution is 2.34. The fourth-order valence-electron chi connectivity index (χ4n) is 3.08. The Bertz CT molecular complexity index is 989. The van der Waals surface area contributed by atoms with Crippen LogP contribution in [-0.4, -0.2) is 29.5 Å². The van der Waals surface area contributed by atoms with Crippen LogP contribution in [0.2, 0.25) is 0 Å². The zero-order chi connectivity index (χ0) is 18.6. The second-order valence-electron chi connectivity index (χ2n) is 6.27. The molecule has 2 heterocycles. The average Bonchev–Trinajstić information content (AvgIpc) is 3.11. The number of nitrogens with zero attached hydrogens (tertiary/aromatic N) is 2. The summed E-state index contributed by atoms with van der Waals surface area (Å²) in [6.07, 6.45) is 1.01. The molecule has 1 N–H and O–H groups in total. The lowest BCUT2D eigenvalue weighted by Gasteiger charge is -2.19. The standard InChI is InChI=1S/C21H22N2O3S/c1-2-15-3-6-17(7-4-15)22-21-23(9-10-24)18(14-27-21)16-5-8-19-20(13-16)26-12-11-25-19/h3-8,13-14,24H,2,9-12H2,1H3. The molecule has 1 aliphatic rings. The quantitative estimate of drug-likeness (QED) is 0.731. The number of rotatable bonds is 5. The van der Waals surface area contributed by atoms with E-state index in [4.69, 9.17) is 14.5 Å². The van der Waals surface area contributed by atoms with E-state index in [1.807, 2.05) is 34.9 Å². The average molecular weight is 382 g/mol. The second kappa shape index (κ2) is 7.98. The van der Waals surface area contributed by atoms with Gasteiger partial charge in [0.2, 0.25) is 0 Å². The summed E-state index contributed by atoms with van der Waals surface area (Å²) in [5.74, 6) is 1.53. The zero-order valence-electron chi connectivity index (χ0n) is 15.2. The Morgan fingerprint density at radius 3 is 2.59 bits per heavy atom.